The molecule has 0 spiro atoms. The number of hydrogen-bond donors (Lipinski definition) is 2. The minimum atomic E-state index is 0.299. The number of hydrogen-bond acceptors (Lipinski definition) is 5. The van der Waals surface area contributed by atoms with E-state index in [0.29, 0.717) is 12.1 Å². The van der Waals surface area contributed by atoms with Crippen molar-refractivity contribution in [2.24, 2.45) is 5.73 Å². The third-order valence-electron chi connectivity index (χ3n) is 3.16. The van der Waals surface area contributed by atoms with Gasteiger partial charge >= 0.3 is 0 Å². The maximum absolute atomic E-state index is 5.90. The summed E-state index contributed by atoms with van der Waals surface area (Å²) in [5.74, 6) is 0.889. The number of nitrogens with two attached hydrogens (primary N) is 1. The normalized spacial score (nSPS) is 24.8. The maximum Gasteiger partial charge on any atom is 0.150 e. The molecule has 3 rings (SSSR count). The molecule has 86 valence electrons. The Labute approximate surface area is 95.0 Å². The molecule has 0 amide bonds. The van der Waals surface area contributed by atoms with Gasteiger partial charge in [0.2, 0.25) is 0 Å². The Bertz CT molecular complexity index is 376. The summed E-state index contributed by atoms with van der Waals surface area (Å²) in [4.78, 5) is 2.28. The summed E-state index contributed by atoms with van der Waals surface area (Å²) in [5.41, 5.74) is 7.03. The first kappa shape index (κ1) is 9.84. The van der Waals surface area contributed by atoms with E-state index in [9.17, 15) is 0 Å². The van der Waals surface area contributed by atoms with Crippen LogP contribution >= 0.6 is 0 Å². The zero-order chi connectivity index (χ0) is 11.0. The zero-order valence-electron chi connectivity index (χ0n) is 9.26. The smallest absolute Gasteiger partial charge is 0.150 e. The van der Waals surface area contributed by atoms with Gasteiger partial charge in [0.15, 0.2) is 5.82 Å². The largest absolute Gasteiger partial charge is 0.369 e. The lowest BCUT2D eigenvalue weighted by atomic mass is 10.3. The van der Waals surface area contributed by atoms with Gasteiger partial charge in [0.1, 0.15) is 0 Å². The van der Waals surface area contributed by atoms with Crippen molar-refractivity contribution in [2.75, 3.05) is 23.3 Å². The summed E-state index contributed by atoms with van der Waals surface area (Å²) in [6, 6.07) is 2.99. The van der Waals surface area contributed by atoms with Crippen molar-refractivity contribution < 1.29 is 0 Å². The first-order valence-corrected chi connectivity index (χ1v) is 5.91. The number of anilines is 2. The number of nitrogens with one attached hydrogen (secondary N) is 1. The monoisotopic (exact) mass is 219 g/mol. The van der Waals surface area contributed by atoms with Crippen LogP contribution in [0.15, 0.2) is 12.3 Å². The van der Waals surface area contributed by atoms with Crippen LogP contribution in [0, 0.1) is 0 Å². The van der Waals surface area contributed by atoms with Gasteiger partial charge in [0.25, 0.3) is 0 Å². The van der Waals surface area contributed by atoms with E-state index in [1.165, 1.54) is 12.8 Å². The van der Waals surface area contributed by atoms with Crippen LogP contribution in [-0.2, 0) is 0 Å². The van der Waals surface area contributed by atoms with Gasteiger partial charge < -0.3 is 16.0 Å². The average molecular weight is 219 g/mol. The molecule has 0 radical (unpaired) electrons. The van der Waals surface area contributed by atoms with Crippen LogP contribution in [0.3, 0.4) is 0 Å². The van der Waals surface area contributed by atoms with Gasteiger partial charge in [-0.15, -0.1) is 5.10 Å². The van der Waals surface area contributed by atoms with E-state index >= 15 is 0 Å². The highest BCUT2D eigenvalue weighted by Gasteiger charge is 2.23. The van der Waals surface area contributed by atoms with E-state index in [2.05, 4.69) is 26.5 Å². The van der Waals surface area contributed by atoms with Gasteiger partial charge in [-0.2, -0.15) is 5.10 Å². The van der Waals surface area contributed by atoms with Crippen molar-refractivity contribution in [1.82, 2.24) is 10.2 Å². The van der Waals surface area contributed by atoms with E-state index in [-0.39, 0.29) is 0 Å². The molecule has 3 N–H and O–H groups in total. The van der Waals surface area contributed by atoms with Crippen molar-refractivity contribution in [3.05, 3.63) is 12.3 Å². The highest BCUT2D eigenvalue weighted by Crippen LogP contribution is 2.26. The van der Waals surface area contributed by atoms with Gasteiger partial charge in [-0.3, -0.25) is 0 Å². The molecule has 0 bridgehead atoms. The fraction of sp³-hybridized carbons (Fsp3) is 0.636. The molecule has 1 saturated carbocycles. The molecule has 1 aliphatic carbocycles. The summed E-state index contributed by atoms with van der Waals surface area (Å²) in [5, 5.41) is 11.5. The van der Waals surface area contributed by atoms with Crippen molar-refractivity contribution in [1.29, 1.82) is 0 Å². The Balaban J connectivity index is 1.73. The Morgan fingerprint density at radius 3 is 2.94 bits per heavy atom. The second kappa shape index (κ2) is 3.90. The SMILES string of the molecule is N[C@H]1CCN(c2cnnc(NC3CC3)c2)C1. The summed E-state index contributed by atoms with van der Waals surface area (Å²) in [7, 11) is 0. The molecule has 1 atom stereocenters. The van der Waals surface area contributed by atoms with Crippen LogP contribution in [0.4, 0.5) is 11.5 Å². The van der Waals surface area contributed by atoms with Crippen LogP contribution in [-0.4, -0.2) is 35.4 Å². The van der Waals surface area contributed by atoms with Gasteiger partial charge in [0, 0.05) is 31.2 Å². The van der Waals surface area contributed by atoms with E-state index in [1.807, 2.05) is 6.20 Å². The minimum absolute atomic E-state index is 0.299. The number of rotatable bonds is 3. The lowest BCUT2D eigenvalue weighted by molar-refractivity contribution is 0.752. The molecule has 2 aliphatic rings. The summed E-state index contributed by atoms with van der Waals surface area (Å²) in [6.07, 6.45) is 5.38. The van der Waals surface area contributed by atoms with Crippen LogP contribution in [0.5, 0.6) is 0 Å². The highest BCUT2D eigenvalue weighted by atomic mass is 15.2. The van der Waals surface area contributed by atoms with Crippen molar-refractivity contribution in [3.63, 3.8) is 0 Å². The molecule has 16 heavy (non-hydrogen) atoms. The molecule has 2 fully saturated rings. The Hall–Kier alpha value is -1.36. The maximum atomic E-state index is 5.90. The lowest BCUT2D eigenvalue weighted by Gasteiger charge is -2.17. The molecule has 2 heterocycles. The topological polar surface area (TPSA) is 67.1 Å². The van der Waals surface area contributed by atoms with Crippen molar-refractivity contribution in [2.45, 2.75) is 31.3 Å². The van der Waals surface area contributed by atoms with Crippen LogP contribution in [0.25, 0.3) is 0 Å². The van der Waals surface area contributed by atoms with E-state index in [4.69, 9.17) is 5.73 Å². The molecule has 0 aromatic carbocycles. The molecular formula is C11H17N5. The summed E-state index contributed by atoms with van der Waals surface area (Å²) >= 11 is 0. The Morgan fingerprint density at radius 2 is 2.25 bits per heavy atom. The number of aromatic nitrogens is 2. The minimum Gasteiger partial charge on any atom is -0.369 e. The fourth-order valence-electron chi connectivity index (χ4n) is 2.06. The standard InChI is InChI=1S/C11H17N5/c12-8-3-4-16(7-8)10-5-11(15-13-6-10)14-9-1-2-9/h5-6,8-9H,1-4,7,12H2,(H,14,15)/t8-/m0/s1. The van der Waals surface area contributed by atoms with Gasteiger partial charge in [-0.1, -0.05) is 0 Å². The van der Waals surface area contributed by atoms with Crippen LogP contribution < -0.4 is 16.0 Å². The van der Waals surface area contributed by atoms with E-state index in [0.717, 1.165) is 31.0 Å². The molecule has 1 aromatic rings. The third kappa shape index (κ3) is 2.09. The Kier molecular flexibility index (Phi) is 2.40. The quantitative estimate of drug-likeness (QED) is 0.778. The predicted octanol–water partition coefficient (Wildman–Crippen LogP) is 0.588. The number of nitrogens with zero attached hydrogens (tertiary/aromatic N) is 3. The Morgan fingerprint density at radius 1 is 1.38 bits per heavy atom. The van der Waals surface area contributed by atoms with Crippen molar-refractivity contribution in [3.8, 4) is 0 Å². The zero-order valence-corrected chi connectivity index (χ0v) is 9.26. The first-order valence-electron chi connectivity index (χ1n) is 5.91. The fourth-order valence-corrected chi connectivity index (χ4v) is 2.06. The molecular weight excluding hydrogens is 202 g/mol. The van der Waals surface area contributed by atoms with Gasteiger partial charge in [-0.05, 0) is 19.3 Å². The van der Waals surface area contributed by atoms with Crippen molar-refractivity contribution >= 4 is 11.5 Å². The van der Waals surface area contributed by atoms with Gasteiger partial charge in [-0.25, -0.2) is 0 Å². The molecule has 1 aliphatic heterocycles. The average Bonchev–Trinajstić information content (AvgIpc) is 2.98. The molecule has 1 saturated heterocycles. The predicted molar refractivity (Wildman–Crippen MR) is 63.5 cm³/mol. The van der Waals surface area contributed by atoms with Crippen LogP contribution in [0.2, 0.25) is 0 Å². The van der Waals surface area contributed by atoms with E-state index in [1.54, 1.807) is 0 Å². The first-order chi connectivity index (χ1) is 7.81. The third-order valence-corrected chi connectivity index (χ3v) is 3.16. The van der Waals surface area contributed by atoms with Crippen LogP contribution in [0.1, 0.15) is 19.3 Å². The summed E-state index contributed by atoms with van der Waals surface area (Å²) < 4.78 is 0. The van der Waals surface area contributed by atoms with Gasteiger partial charge in [0.05, 0.1) is 11.9 Å². The molecule has 1 aromatic heterocycles. The lowest BCUT2D eigenvalue weighted by Crippen LogP contribution is -2.26. The summed E-state index contributed by atoms with van der Waals surface area (Å²) in [6.45, 7) is 1.95. The highest BCUT2D eigenvalue weighted by molar-refractivity contribution is 5.53. The molecule has 0 unspecified atom stereocenters. The molecule has 5 nitrogen and oxygen atoms in total. The molecule has 5 heteroatoms. The second-order valence-electron chi connectivity index (χ2n) is 4.71. The van der Waals surface area contributed by atoms with E-state index < -0.39 is 0 Å². The second-order valence-corrected chi connectivity index (χ2v) is 4.71.